The fourth-order valence-corrected chi connectivity index (χ4v) is 1.63. The normalized spacial score (nSPS) is 11.2. The lowest BCUT2D eigenvalue weighted by molar-refractivity contribution is -0.274. The highest BCUT2D eigenvalue weighted by molar-refractivity contribution is 5.41. The van der Waals surface area contributed by atoms with Crippen LogP contribution in [0.5, 0.6) is 5.75 Å². The molecule has 0 atom stereocenters. The molecule has 2 rings (SSSR count). The Morgan fingerprint density at radius 1 is 1.00 bits per heavy atom. The van der Waals surface area contributed by atoms with Crippen LogP contribution in [0, 0.1) is 5.82 Å². The lowest BCUT2D eigenvalue weighted by atomic mass is 10.2. The van der Waals surface area contributed by atoms with Crippen LogP contribution >= 0.6 is 0 Å². The van der Waals surface area contributed by atoms with Crippen LogP contribution in [0.1, 0.15) is 5.56 Å². The summed E-state index contributed by atoms with van der Waals surface area (Å²) in [4.78, 5) is 0. The molecule has 0 unspecified atom stereocenters. The number of anilines is 1. The van der Waals surface area contributed by atoms with Crippen LogP contribution in [0.3, 0.4) is 0 Å². The molecule has 7 heteroatoms. The minimum Gasteiger partial charge on any atom is -0.406 e. The molecular formula is C14H12F4N2O. The van der Waals surface area contributed by atoms with Gasteiger partial charge in [-0.1, -0.05) is 24.3 Å². The van der Waals surface area contributed by atoms with Gasteiger partial charge in [0.25, 0.3) is 0 Å². The van der Waals surface area contributed by atoms with E-state index < -0.39 is 17.9 Å². The van der Waals surface area contributed by atoms with Crippen molar-refractivity contribution in [2.75, 3.05) is 5.43 Å². The lowest BCUT2D eigenvalue weighted by Crippen LogP contribution is -2.21. The van der Waals surface area contributed by atoms with Crippen molar-refractivity contribution >= 4 is 5.69 Å². The van der Waals surface area contributed by atoms with Crippen LogP contribution in [-0.4, -0.2) is 6.36 Å². The molecule has 0 aromatic heterocycles. The zero-order chi connectivity index (χ0) is 15.3. The van der Waals surface area contributed by atoms with E-state index in [-0.39, 0.29) is 12.1 Å². The van der Waals surface area contributed by atoms with Crippen molar-refractivity contribution in [3.8, 4) is 5.75 Å². The maximum Gasteiger partial charge on any atom is 0.573 e. The van der Waals surface area contributed by atoms with E-state index in [1.165, 1.54) is 6.07 Å². The molecule has 2 aromatic rings. The van der Waals surface area contributed by atoms with E-state index in [4.69, 9.17) is 0 Å². The summed E-state index contributed by atoms with van der Waals surface area (Å²) in [5.41, 5.74) is 6.62. The molecule has 2 N–H and O–H groups in total. The van der Waals surface area contributed by atoms with Gasteiger partial charge in [0.1, 0.15) is 11.6 Å². The number of benzene rings is 2. The van der Waals surface area contributed by atoms with Crippen molar-refractivity contribution in [3.63, 3.8) is 0 Å². The van der Waals surface area contributed by atoms with Gasteiger partial charge in [-0.15, -0.1) is 13.2 Å². The average molecular weight is 300 g/mol. The van der Waals surface area contributed by atoms with Crippen molar-refractivity contribution < 1.29 is 22.3 Å². The maximum atomic E-state index is 13.6. The summed E-state index contributed by atoms with van der Waals surface area (Å²) in [5.74, 6) is -1.36. The van der Waals surface area contributed by atoms with Crippen molar-refractivity contribution in [2.45, 2.75) is 12.9 Å². The molecule has 112 valence electrons. The highest BCUT2D eigenvalue weighted by atomic mass is 19.4. The van der Waals surface area contributed by atoms with Gasteiger partial charge in [-0.3, -0.25) is 0 Å². The number of rotatable bonds is 5. The number of ether oxygens (including phenoxy) is 1. The Hall–Kier alpha value is -2.28. The fraction of sp³-hybridized carbons (Fsp3) is 0.143. The molecule has 3 nitrogen and oxygen atoms in total. The van der Waals surface area contributed by atoms with Gasteiger partial charge < -0.3 is 10.2 Å². The molecular weight excluding hydrogens is 288 g/mol. The molecule has 0 aliphatic rings. The zero-order valence-electron chi connectivity index (χ0n) is 10.7. The first kappa shape index (κ1) is 15.1. The minimum absolute atomic E-state index is 0.104. The Labute approximate surface area is 118 Å². The summed E-state index contributed by atoms with van der Waals surface area (Å²) >= 11 is 0. The third kappa shape index (κ3) is 4.96. The molecule has 2 aromatic carbocycles. The Balaban J connectivity index is 1.92. The third-order valence-electron chi connectivity index (χ3n) is 2.54. The predicted molar refractivity (Wildman–Crippen MR) is 70.0 cm³/mol. The molecule has 0 spiro atoms. The van der Waals surface area contributed by atoms with Crippen LogP contribution in [0.2, 0.25) is 0 Å². The monoisotopic (exact) mass is 300 g/mol. The highest BCUT2D eigenvalue weighted by Gasteiger charge is 2.31. The Bertz CT molecular complexity index is 587. The molecule has 0 saturated carbocycles. The Morgan fingerprint density at radius 3 is 2.33 bits per heavy atom. The SMILES string of the molecule is Fc1cc(OC(F)(F)F)ccc1CNNc1ccccc1. The first-order chi connectivity index (χ1) is 9.94. The van der Waals surface area contributed by atoms with Crippen LogP contribution in [0.15, 0.2) is 48.5 Å². The minimum atomic E-state index is -4.83. The maximum absolute atomic E-state index is 13.6. The molecule has 0 aliphatic heterocycles. The highest BCUT2D eigenvalue weighted by Crippen LogP contribution is 2.24. The van der Waals surface area contributed by atoms with E-state index >= 15 is 0 Å². The Kier molecular flexibility index (Phi) is 4.64. The predicted octanol–water partition coefficient (Wildman–Crippen LogP) is 3.84. The second-order valence-corrected chi connectivity index (χ2v) is 4.15. The molecule has 0 aliphatic carbocycles. The standard InChI is InChI=1S/C14H12F4N2O/c15-13-8-12(21-14(16,17)18)7-6-10(13)9-19-20-11-4-2-1-3-5-11/h1-8,19-20H,9H2. The smallest absolute Gasteiger partial charge is 0.406 e. The quantitative estimate of drug-likeness (QED) is 0.650. The van der Waals surface area contributed by atoms with Crippen LogP contribution in [0.4, 0.5) is 23.2 Å². The molecule has 0 saturated heterocycles. The Morgan fingerprint density at radius 2 is 1.71 bits per heavy atom. The lowest BCUT2D eigenvalue weighted by Gasteiger charge is -2.11. The average Bonchev–Trinajstić information content (AvgIpc) is 2.41. The fourth-order valence-electron chi connectivity index (χ4n) is 1.63. The number of hydrazine groups is 1. The van der Waals surface area contributed by atoms with Crippen LogP contribution in [0.25, 0.3) is 0 Å². The van der Waals surface area contributed by atoms with Gasteiger partial charge in [-0.25, -0.2) is 9.82 Å². The molecule has 21 heavy (non-hydrogen) atoms. The van der Waals surface area contributed by atoms with E-state index in [1.54, 1.807) is 0 Å². The molecule has 0 fully saturated rings. The number of nitrogens with one attached hydrogen (secondary N) is 2. The van der Waals surface area contributed by atoms with E-state index in [2.05, 4.69) is 15.6 Å². The topological polar surface area (TPSA) is 33.3 Å². The summed E-state index contributed by atoms with van der Waals surface area (Å²) in [5, 5.41) is 0. The van der Waals surface area contributed by atoms with Gasteiger partial charge in [0.15, 0.2) is 0 Å². The van der Waals surface area contributed by atoms with Gasteiger partial charge in [-0.05, 0) is 18.2 Å². The van der Waals surface area contributed by atoms with Gasteiger partial charge in [-0.2, -0.15) is 0 Å². The van der Waals surface area contributed by atoms with E-state index in [1.807, 2.05) is 30.3 Å². The van der Waals surface area contributed by atoms with Gasteiger partial charge >= 0.3 is 6.36 Å². The van der Waals surface area contributed by atoms with Crippen molar-refractivity contribution in [1.82, 2.24) is 5.43 Å². The van der Waals surface area contributed by atoms with E-state index in [0.717, 1.165) is 11.8 Å². The number of hydrogen-bond donors (Lipinski definition) is 2. The summed E-state index contributed by atoms with van der Waals surface area (Å²) in [6.45, 7) is 0.104. The molecule has 0 radical (unpaired) electrons. The first-order valence-electron chi connectivity index (χ1n) is 6.02. The van der Waals surface area contributed by atoms with E-state index in [0.29, 0.717) is 6.07 Å². The van der Waals surface area contributed by atoms with E-state index in [9.17, 15) is 17.6 Å². The molecule has 0 heterocycles. The summed E-state index contributed by atoms with van der Waals surface area (Å²) in [6, 6.07) is 12.1. The summed E-state index contributed by atoms with van der Waals surface area (Å²) in [7, 11) is 0. The second kappa shape index (κ2) is 6.45. The van der Waals surface area contributed by atoms with Crippen molar-refractivity contribution in [3.05, 3.63) is 59.9 Å². The number of hydrogen-bond acceptors (Lipinski definition) is 3. The first-order valence-corrected chi connectivity index (χ1v) is 6.02. The van der Waals surface area contributed by atoms with Crippen LogP contribution < -0.4 is 15.6 Å². The third-order valence-corrected chi connectivity index (χ3v) is 2.54. The number of para-hydroxylation sites is 1. The molecule has 0 amide bonds. The van der Waals surface area contributed by atoms with Crippen LogP contribution in [-0.2, 0) is 6.54 Å². The molecule has 0 bridgehead atoms. The summed E-state index contributed by atoms with van der Waals surface area (Å²) < 4.78 is 53.3. The number of alkyl halides is 3. The summed E-state index contributed by atoms with van der Waals surface area (Å²) in [6.07, 6.45) is -4.83. The van der Waals surface area contributed by atoms with Gasteiger partial charge in [0.2, 0.25) is 0 Å². The zero-order valence-corrected chi connectivity index (χ0v) is 10.7. The van der Waals surface area contributed by atoms with Crippen molar-refractivity contribution in [2.24, 2.45) is 0 Å². The number of halogens is 4. The van der Waals surface area contributed by atoms with Gasteiger partial charge in [0.05, 0.1) is 0 Å². The van der Waals surface area contributed by atoms with Gasteiger partial charge in [0, 0.05) is 23.9 Å². The largest absolute Gasteiger partial charge is 0.573 e. The van der Waals surface area contributed by atoms with Crippen molar-refractivity contribution in [1.29, 1.82) is 0 Å². The second-order valence-electron chi connectivity index (χ2n) is 4.15.